The molecule has 0 aromatic rings. The van der Waals surface area contributed by atoms with Crippen LogP contribution in [0.25, 0.3) is 0 Å². The summed E-state index contributed by atoms with van der Waals surface area (Å²) in [7, 11) is -0.947. The molecule has 1 radical (unpaired) electrons. The maximum Gasteiger partial charge on any atom is 0.205 e. The minimum absolute atomic E-state index is 0.00132. The van der Waals surface area contributed by atoms with E-state index in [2.05, 4.69) is 46.0 Å². The highest BCUT2D eigenvalue weighted by molar-refractivity contribution is 6.48. The van der Waals surface area contributed by atoms with E-state index in [0.717, 1.165) is 103 Å². The molecule has 9 heteroatoms. The van der Waals surface area contributed by atoms with E-state index in [9.17, 15) is 4.79 Å². The summed E-state index contributed by atoms with van der Waals surface area (Å²) in [6.07, 6.45) is 17.5. The van der Waals surface area contributed by atoms with Crippen LogP contribution in [0.2, 0.25) is 13.1 Å². The molecule has 0 aromatic carbocycles. The molecule has 8 atom stereocenters. The Balaban J connectivity index is 1.41. The van der Waals surface area contributed by atoms with Crippen molar-refractivity contribution in [1.29, 1.82) is 0 Å². The van der Waals surface area contributed by atoms with Gasteiger partial charge in [-0.25, -0.2) is 0 Å². The standard InChI is InChI=1S/C35H61O8Si/c1-35(2,3)34(43-44(4)5)33-27(17-9-7-6-8-16-26(36)25-40-30-18-10-13-21-37-30)28(41-31-19-11-14-22-38-31)24-29(33)42-32-20-12-15-23-39-32/h7,9,27-34H,6,8,10-25H2,1-5H3/b9-7-/t27-,28-,29+,30?,31?,32?,33-,34?/m0/s1. The number of allylic oxidation sites excluding steroid dienone is 2. The van der Waals surface area contributed by atoms with Gasteiger partial charge in [0.05, 0.1) is 18.3 Å². The summed E-state index contributed by atoms with van der Waals surface area (Å²) in [5, 5.41) is 0. The summed E-state index contributed by atoms with van der Waals surface area (Å²) in [6, 6.07) is 0. The van der Waals surface area contributed by atoms with Gasteiger partial charge >= 0.3 is 0 Å². The molecule has 1 aliphatic carbocycles. The minimum Gasteiger partial charge on any atom is -0.413 e. The number of carbonyl (C=O) groups excluding carboxylic acids is 1. The summed E-state index contributed by atoms with van der Waals surface area (Å²) in [6.45, 7) is 13.8. The maximum atomic E-state index is 12.4. The van der Waals surface area contributed by atoms with E-state index < -0.39 is 9.04 Å². The normalized spacial score (nSPS) is 32.8. The highest BCUT2D eigenvalue weighted by Crippen LogP contribution is 2.47. The van der Waals surface area contributed by atoms with Crippen LogP contribution in [0.4, 0.5) is 0 Å². The molecule has 1 saturated carbocycles. The molecule has 3 heterocycles. The third-order valence-electron chi connectivity index (χ3n) is 9.33. The van der Waals surface area contributed by atoms with E-state index in [0.29, 0.717) is 6.42 Å². The van der Waals surface area contributed by atoms with Crippen molar-refractivity contribution in [2.45, 2.75) is 161 Å². The van der Waals surface area contributed by atoms with Gasteiger partial charge < -0.3 is 32.8 Å². The van der Waals surface area contributed by atoms with Gasteiger partial charge in [-0.1, -0.05) is 32.9 Å². The second-order valence-electron chi connectivity index (χ2n) is 14.5. The van der Waals surface area contributed by atoms with Crippen LogP contribution in [0, 0.1) is 17.3 Å². The molecule has 0 amide bonds. The molecule has 253 valence electrons. The summed E-state index contributed by atoms with van der Waals surface area (Å²) < 4.78 is 43.8. The van der Waals surface area contributed by atoms with Crippen molar-refractivity contribution in [2.24, 2.45) is 17.3 Å². The molecule has 3 aliphatic heterocycles. The van der Waals surface area contributed by atoms with E-state index in [1.54, 1.807) is 0 Å². The van der Waals surface area contributed by atoms with Gasteiger partial charge in [0, 0.05) is 38.6 Å². The van der Waals surface area contributed by atoms with Crippen molar-refractivity contribution in [1.82, 2.24) is 0 Å². The zero-order valence-corrected chi connectivity index (χ0v) is 29.3. The largest absolute Gasteiger partial charge is 0.413 e. The first kappa shape index (κ1) is 36.2. The smallest absolute Gasteiger partial charge is 0.205 e. The predicted octanol–water partition coefficient (Wildman–Crippen LogP) is 7.36. The highest BCUT2D eigenvalue weighted by atomic mass is 28.3. The Labute approximate surface area is 268 Å². The monoisotopic (exact) mass is 637 g/mol. The quantitative estimate of drug-likeness (QED) is 0.0987. The Bertz CT molecular complexity index is 842. The fraction of sp³-hybridized carbons (Fsp3) is 0.914. The second kappa shape index (κ2) is 18.6. The average Bonchev–Trinajstić information content (AvgIpc) is 3.32. The molecule has 0 aromatic heterocycles. The maximum absolute atomic E-state index is 12.4. The average molecular weight is 638 g/mol. The Morgan fingerprint density at radius 2 is 1.43 bits per heavy atom. The molecule has 3 saturated heterocycles. The van der Waals surface area contributed by atoms with Gasteiger partial charge in [-0.15, -0.1) is 0 Å². The van der Waals surface area contributed by atoms with Gasteiger partial charge in [0.2, 0.25) is 9.04 Å². The lowest BCUT2D eigenvalue weighted by Gasteiger charge is -2.42. The Morgan fingerprint density at radius 3 is 1.98 bits per heavy atom. The molecule has 4 fully saturated rings. The van der Waals surface area contributed by atoms with Gasteiger partial charge in [0.25, 0.3) is 0 Å². The fourth-order valence-corrected chi connectivity index (χ4v) is 8.14. The predicted molar refractivity (Wildman–Crippen MR) is 172 cm³/mol. The van der Waals surface area contributed by atoms with Crippen molar-refractivity contribution >= 4 is 14.8 Å². The van der Waals surface area contributed by atoms with Crippen LogP contribution >= 0.6 is 0 Å². The van der Waals surface area contributed by atoms with E-state index >= 15 is 0 Å². The van der Waals surface area contributed by atoms with Crippen LogP contribution < -0.4 is 0 Å². The van der Waals surface area contributed by atoms with Crippen molar-refractivity contribution in [3.05, 3.63) is 12.2 Å². The third-order valence-corrected chi connectivity index (χ3v) is 10.1. The molecule has 4 aliphatic rings. The van der Waals surface area contributed by atoms with Crippen molar-refractivity contribution in [2.75, 3.05) is 26.4 Å². The molecule has 44 heavy (non-hydrogen) atoms. The second-order valence-corrected chi connectivity index (χ2v) is 16.5. The number of Topliss-reactive ketones (excluding diaryl/α,β-unsaturated/α-hetero) is 1. The summed E-state index contributed by atoms with van der Waals surface area (Å²) in [5.74, 6) is 0.567. The van der Waals surface area contributed by atoms with Gasteiger partial charge in [-0.2, -0.15) is 0 Å². The van der Waals surface area contributed by atoms with Crippen LogP contribution in [-0.2, 0) is 37.6 Å². The molecule has 0 bridgehead atoms. The van der Waals surface area contributed by atoms with Gasteiger partial charge in [0.1, 0.15) is 6.61 Å². The lowest BCUT2D eigenvalue weighted by molar-refractivity contribution is -0.207. The van der Waals surface area contributed by atoms with Crippen LogP contribution in [0.3, 0.4) is 0 Å². The van der Waals surface area contributed by atoms with E-state index in [4.69, 9.17) is 32.8 Å². The fourth-order valence-electron chi connectivity index (χ4n) is 7.12. The number of hydrogen-bond acceptors (Lipinski definition) is 8. The number of hydrogen-bond donors (Lipinski definition) is 0. The zero-order chi connectivity index (χ0) is 31.4. The Morgan fingerprint density at radius 1 is 0.841 bits per heavy atom. The van der Waals surface area contributed by atoms with E-state index in [1.165, 1.54) is 0 Å². The van der Waals surface area contributed by atoms with Crippen molar-refractivity contribution in [3.8, 4) is 0 Å². The lowest BCUT2D eigenvalue weighted by atomic mass is 9.75. The highest BCUT2D eigenvalue weighted by Gasteiger charge is 2.52. The summed E-state index contributed by atoms with van der Waals surface area (Å²) in [5.41, 5.74) is -0.0507. The first-order chi connectivity index (χ1) is 21.2. The number of carbonyl (C=O) groups is 1. The SMILES string of the molecule is C[Si](C)OC([C@H]1[C@@H](C/C=C\CCCC(=O)COC2CCCCO2)[C@@H](OC2CCCCO2)C[C@H]1OC1CCCCO1)C(C)(C)C. The van der Waals surface area contributed by atoms with Crippen LogP contribution in [0.15, 0.2) is 12.2 Å². The number of unbranched alkanes of at least 4 members (excludes halogenated alkanes) is 1. The Hall–Kier alpha value is -0.653. The number of ketones is 1. The summed E-state index contributed by atoms with van der Waals surface area (Å²) >= 11 is 0. The molecular formula is C35H61O8Si. The van der Waals surface area contributed by atoms with Gasteiger partial charge in [0.15, 0.2) is 24.7 Å². The van der Waals surface area contributed by atoms with Crippen LogP contribution in [-0.4, -0.2) is 78.4 Å². The summed E-state index contributed by atoms with van der Waals surface area (Å²) in [4.78, 5) is 12.4. The van der Waals surface area contributed by atoms with E-state index in [-0.39, 0.29) is 66.8 Å². The van der Waals surface area contributed by atoms with Gasteiger partial charge in [-0.3, -0.25) is 4.79 Å². The number of ether oxygens (including phenoxy) is 6. The van der Waals surface area contributed by atoms with Gasteiger partial charge in [-0.05, 0) is 101 Å². The first-order valence-electron chi connectivity index (χ1n) is 17.6. The number of rotatable bonds is 16. The van der Waals surface area contributed by atoms with Crippen LogP contribution in [0.1, 0.15) is 111 Å². The molecule has 0 spiro atoms. The lowest BCUT2D eigenvalue weighted by Crippen LogP contribution is -2.47. The molecule has 4 unspecified atom stereocenters. The first-order valence-corrected chi connectivity index (χ1v) is 20.0. The minimum atomic E-state index is -0.947. The Kier molecular flexibility index (Phi) is 15.3. The molecular weight excluding hydrogens is 576 g/mol. The van der Waals surface area contributed by atoms with Crippen molar-refractivity contribution in [3.63, 3.8) is 0 Å². The zero-order valence-electron chi connectivity index (χ0n) is 28.3. The molecule has 8 nitrogen and oxygen atoms in total. The topological polar surface area (TPSA) is 81.7 Å². The van der Waals surface area contributed by atoms with E-state index in [1.807, 2.05) is 0 Å². The molecule has 0 N–H and O–H groups in total. The van der Waals surface area contributed by atoms with Crippen LogP contribution in [0.5, 0.6) is 0 Å². The third kappa shape index (κ3) is 11.9. The molecule has 4 rings (SSSR count). The van der Waals surface area contributed by atoms with Crippen molar-refractivity contribution < 1.29 is 37.6 Å².